The standard InChI is InChI=1S/C23H30N4O2.HI/c1-3-24-23(25-14-17-9-5-6-10-18(17)16-29-4-2)26-15-19-13-22(28)27-21-12-8-7-11-20(19)21;/h5-12,19H,3-4,13-16H2,1-2H3,(H,27,28)(H2,24,25,26);1H. The van der Waals surface area contributed by atoms with E-state index in [0.717, 1.165) is 34.9 Å². The minimum Gasteiger partial charge on any atom is -0.377 e. The van der Waals surface area contributed by atoms with E-state index in [0.29, 0.717) is 32.7 Å². The number of rotatable bonds is 8. The number of carbonyl (C=O) groups excluding carboxylic acids is 1. The lowest BCUT2D eigenvalue weighted by atomic mass is 9.90. The molecule has 0 saturated heterocycles. The maximum Gasteiger partial charge on any atom is 0.225 e. The first-order valence-corrected chi connectivity index (χ1v) is 10.3. The van der Waals surface area contributed by atoms with Crippen molar-refractivity contribution in [3.63, 3.8) is 0 Å². The molecule has 162 valence electrons. The Hall–Kier alpha value is -2.13. The molecule has 0 aliphatic carbocycles. The van der Waals surface area contributed by atoms with Crippen LogP contribution in [0, 0.1) is 0 Å². The Bertz CT molecular complexity index is 857. The maximum atomic E-state index is 12.0. The number of aliphatic imine (C=N–C) groups is 1. The van der Waals surface area contributed by atoms with Gasteiger partial charge in [0.15, 0.2) is 5.96 Å². The number of nitrogens with one attached hydrogen (secondary N) is 3. The van der Waals surface area contributed by atoms with Gasteiger partial charge < -0.3 is 20.7 Å². The van der Waals surface area contributed by atoms with E-state index in [1.54, 1.807) is 0 Å². The second-order valence-electron chi connectivity index (χ2n) is 7.02. The average molecular weight is 522 g/mol. The molecule has 0 aromatic heterocycles. The van der Waals surface area contributed by atoms with Crippen LogP contribution in [0.2, 0.25) is 0 Å². The van der Waals surface area contributed by atoms with E-state index < -0.39 is 0 Å². The number of amides is 1. The molecule has 3 rings (SSSR count). The lowest BCUT2D eigenvalue weighted by molar-refractivity contribution is -0.116. The van der Waals surface area contributed by atoms with Gasteiger partial charge in [-0.15, -0.1) is 24.0 Å². The molecule has 1 atom stereocenters. The Morgan fingerprint density at radius 3 is 2.60 bits per heavy atom. The normalized spacial score (nSPS) is 15.6. The maximum absolute atomic E-state index is 12.0. The zero-order valence-corrected chi connectivity index (χ0v) is 19.9. The molecule has 1 amide bonds. The average Bonchev–Trinajstić information content (AvgIpc) is 2.74. The summed E-state index contributed by atoms with van der Waals surface area (Å²) in [5.41, 5.74) is 4.38. The molecule has 1 aliphatic heterocycles. The third-order valence-electron chi connectivity index (χ3n) is 4.95. The van der Waals surface area contributed by atoms with Crippen LogP contribution in [0.4, 0.5) is 5.69 Å². The van der Waals surface area contributed by atoms with Crippen molar-refractivity contribution in [2.75, 3.05) is 25.0 Å². The van der Waals surface area contributed by atoms with Gasteiger partial charge >= 0.3 is 0 Å². The fourth-order valence-electron chi connectivity index (χ4n) is 3.47. The SMILES string of the molecule is CCNC(=NCc1ccccc1COCC)NCC1CC(=O)Nc2ccccc21.I. The highest BCUT2D eigenvalue weighted by atomic mass is 127. The minimum atomic E-state index is 0. The van der Waals surface area contributed by atoms with E-state index >= 15 is 0 Å². The first kappa shape index (κ1) is 24.1. The fourth-order valence-corrected chi connectivity index (χ4v) is 3.47. The van der Waals surface area contributed by atoms with Crippen LogP contribution in [0.1, 0.15) is 42.9 Å². The van der Waals surface area contributed by atoms with Gasteiger partial charge in [-0.05, 0) is 36.6 Å². The highest BCUT2D eigenvalue weighted by Gasteiger charge is 2.24. The Morgan fingerprint density at radius 1 is 1.10 bits per heavy atom. The largest absolute Gasteiger partial charge is 0.377 e. The molecule has 0 bridgehead atoms. The lowest BCUT2D eigenvalue weighted by Gasteiger charge is -2.26. The molecule has 1 heterocycles. The van der Waals surface area contributed by atoms with Crippen molar-refractivity contribution in [1.82, 2.24) is 10.6 Å². The third kappa shape index (κ3) is 6.70. The topological polar surface area (TPSA) is 74.8 Å². The number of anilines is 1. The molecule has 1 aliphatic rings. The first-order valence-electron chi connectivity index (χ1n) is 10.3. The van der Waals surface area contributed by atoms with E-state index in [-0.39, 0.29) is 35.8 Å². The van der Waals surface area contributed by atoms with Gasteiger partial charge in [0.1, 0.15) is 0 Å². The summed E-state index contributed by atoms with van der Waals surface area (Å²) in [4.78, 5) is 16.8. The summed E-state index contributed by atoms with van der Waals surface area (Å²) >= 11 is 0. The number of hydrogen-bond donors (Lipinski definition) is 3. The molecule has 0 saturated carbocycles. The highest BCUT2D eigenvalue weighted by Crippen LogP contribution is 2.31. The third-order valence-corrected chi connectivity index (χ3v) is 4.95. The molecule has 1 unspecified atom stereocenters. The van der Waals surface area contributed by atoms with Crippen LogP contribution in [0.15, 0.2) is 53.5 Å². The molecule has 7 heteroatoms. The van der Waals surface area contributed by atoms with Crippen LogP contribution in [-0.2, 0) is 22.7 Å². The van der Waals surface area contributed by atoms with E-state index in [1.165, 1.54) is 0 Å². The summed E-state index contributed by atoms with van der Waals surface area (Å²) in [5.74, 6) is 0.929. The van der Waals surface area contributed by atoms with Crippen molar-refractivity contribution < 1.29 is 9.53 Å². The van der Waals surface area contributed by atoms with Gasteiger partial charge in [0.05, 0.1) is 13.2 Å². The van der Waals surface area contributed by atoms with Gasteiger partial charge in [-0.3, -0.25) is 4.79 Å². The van der Waals surface area contributed by atoms with Crippen LogP contribution < -0.4 is 16.0 Å². The summed E-state index contributed by atoms with van der Waals surface area (Å²) < 4.78 is 5.57. The van der Waals surface area contributed by atoms with E-state index in [9.17, 15) is 4.79 Å². The quantitative estimate of drug-likeness (QED) is 0.278. The first-order chi connectivity index (χ1) is 14.2. The zero-order chi connectivity index (χ0) is 20.5. The molecule has 2 aromatic carbocycles. The molecular weight excluding hydrogens is 491 g/mol. The van der Waals surface area contributed by atoms with Crippen molar-refractivity contribution in [2.24, 2.45) is 4.99 Å². The number of guanidine groups is 1. The number of halogens is 1. The molecule has 0 spiro atoms. The van der Waals surface area contributed by atoms with Crippen molar-refractivity contribution in [3.05, 3.63) is 65.2 Å². The van der Waals surface area contributed by atoms with Crippen LogP contribution in [0.3, 0.4) is 0 Å². The number of nitrogens with zero attached hydrogens (tertiary/aromatic N) is 1. The van der Waals surface area contributed by atoms with E-state index in [1.807, 2.05) is 44.2 Å². The molecule has 0 radical (unpaired) electrons. The van der Waals surface area contributed by atoms with Gasteiger partial charge in [0.25, 0.3) is 0 Å². The highest BCUT2D eigenvalue weighted by molar-refractivity contribution is 14.0. The monoisotopic (exact) mass is 522 g/mol. The van der Waals surface area contributed by atoms with Gasteiger partial charge in [-0.25, -0.2) is 4.99 Å². The molecule has 30 heavy (non-hydrogen) atoms. The van der Waals surface area contributed by atoms with Gasteiger partial charge in [0.2, 0.25) is 5.91 Å². The summed E-state index contributed by atoms with van der Waals surface area (Å²) in [5, 5.41) is 9.66. The van der Waals surface area contributed by atoms with Crippen molar-refractivity contribution in [1.29, 1.82) is 0 Å². The Labute approximate surface area is 195 Å². The van der Waals surface area contributed by atoms with Gasteiger partial charge in [-0.2, -0.15) is 0 Å². The summed E-state index contributed by atoms with van der Waals surface area (Å²) in [6.45, 7) is 7.32. The number of ether oxygens (including phenoxy) is 1. The van der Waals surface area contributed by atoms with Crippen molar-refractivity contribution in [2.45, 2.75) is 39.3 Å². The zero-order valence-electron chi connectivity index (χ0n) is 17.6. The van der Waals surface area contributed by atoms with Crippen LogP contribution in [0.25, 0.3) is 0 Å². The van der Waals surface area contributed by atoms with Gasteiger partial charge in [0, 0.05) is 37.7 Å². The summed E-state index contributed by atoms with van der Waals surface area (Å²) in [6, 6.07) is 16.2. The number of fused-ring (bicyclic) bond motifs is 1. The van der Waals surface area contributed by atoms with E-state index in [4.69, 9.17) is 9.73 Å². The summed E-state index contributed by atoms with van der Waals surface area (Å²) in [7, 11) is 0. The minimum absolute atomic E-state index is 0. The Morgan fingerprint density at radius 2 is 1.83 bits per heavy atom. The molecular formula is C23H31IN4O2. The Balaban J connectivity index is 0.00000320. The van der Waals surface area contributed by atoms with Crippen LogP contribution in [0.5, 0.6) is 0 Å². The molecule has 0 fully saturated rings. The second kappa shape index (κ2) is 12.5. The van der Waals surface area contributed by atoms with Gasteiger partial charge in [-0.1, -0.05) is 42.5 Å². The number of hydrogen-bond acceptors (Lipinski definition) is 3. The number of benzene rings is 2. The predicted molar refractivity (Wildman–Crippen MR) is 132 cm³/mol. The predicted octanol–water partition coefficient (Wildman–Crippen LogP) is 4.02. The smallest absolute Gasteiger partial charge is 0.225 e. The number of para-hydroxylation sites is 1. The lowest BCUT2D eigenvalue weighted by Crippen LogP contribution is -2.40. The fraction of sp³-hybridized carbons (Fsp3) is 0.391. The number of carbonyl (C=O) groups is 1. The van der Waals surface area contributed by atoms with Crippen LogP contribution in [-0.4, -0.2) is 31.6 Å². The second-order valence-corrected chi connectivity index (χ2v) is 7.02. The molecule has 3 N–H and O–H groups in total. The van der Waals surface area contributed by atoms with E-state index in [2.05, 4.69) is 34.1 Å². The molecule has 6 nitrogen and oxygen atoms in total. The molecule has 2 aromatic rings. The summed E-state index contributed by atoms with van der Waals surface area (Å²) in [6.07, 6.45) is 0.473. The van der Waals surface area contributed by atoms with Crippen molar-refractivity contribution in [3.8, 4) is 0 Å². The van der Waals surface area contributed by atoms with Crippen LogP contribution >= 0.6 is 24.0 Å². The Kier molecular flexibility index (Phi) is 10.1. The van der Waals surface area contributed by atoms with Crippen molar-refractivity contribution >= 4 is 41.5 Å².